The van der Waals surface area contributed by atoms with Crippen LogP contribution in [0.2, 0.25) is 0 Å². The van der Waals surface area contributed by atoms with E-state index in [1.807, 2.05) is 0 Å². The zero-order valence-electron chi connectivity index (χ0n) is 6.08. The molecule has 0 radical (unpaired) electrons. The SMILES string of the molecule is C[C@@H](O)[C@@H]1O[C@H](O)[C@@H](O)[C@H]1O. The first-order chi connectivity index (χ1) is 5.04. The van der Waals surface area contributed by atoms with E-state index in [1.54, 1.807) is 0 Å². The van der Waals surface area contributed by atoms with Crippen LogP contribution in [0.3, 0.4) is 0 Å². The van der Waals surface area contributed by atoms with Crippen molar-refractivity contribution in [3.05, 3.63) is 0 Å². The predicted molar refractivity (Wildman–Crippen MR) is 34.6 cm³/mol. The number of aliphatic hydroxyl groups is 4. The highest BCUT2D eigenvalue weighted by atomic mass is 16.6. The highest BCUT2D eigenvalue weighted by molar-refractivity contribution is 4.88. The first kappa shape index (κ1) is 8.89. The van der Waals surface area contributed by atoms with E-state index in [0.29, 0.717) is 0 Å². The van der Waals surface area contributed by atoms with Crippen LogP contribution in [-0.2, 0) is 4.74 Å². The predicted octanol–water partition coefficient (Wildman–Crippen LogP) is -2.19. The molecule has 0 saturated carbocycles. The van der Waals surface area contributed by atoms with Gasteiger partial charge in [-0.15, -0.1) is 0 Å². The number of aliphatic hydroxyl groups excluding tert-OH is 4. The molecule has 0 aromatic rings. The normalized spacial score (nSPS) is 47.7. The van der Waals surface area contributed by atoms with Gasteiger partial charge in [-0.05, 0) is 6.92 Å². The summed E-state index contributed by atoms with van der Waals surface area (Å²) < 4.78 is 4.65. The van der Waals surface area contributed by atoms with Crippen LogP contribution in [-0.4, -0.2) is 51.1 Å². The van der Waals surface area contributed by atoms with Crippen molar-refractivity contribution in [1.29, 1.82) is 0 Å². The lowest BCUT2D eigenvalue weighted by Crippen LogP contribution is -2.37. The third-order valence-electron chi connectivity index (χ3n) is 1.75. The van der Waals surface area contributed by atoms with Gasteiger partial charge in [0.2, 0.25) is 0 Å². The Labute approximate surface area is 63.8 Å². The number of rotatable bonds is 1. The van der Waals surface area contributed by atoms with E-state index in [0.717, 1.165) is 0 Å². The van der Waals surface area contributed by atoms with Crippen molar-refractivity contribution in [2.24, 2.45) is 0 Å². The van der Waals surface area contributed by atoms with Gasteiger partial charge in [-0.25, -0.2) is 0 Å². The van der Waals surface area contributed by atoms with Crippen LogP contribution in [0.4, 0.5) is 0 Å². The molecule has 5 nitrogen and oxygen atoms in total. The van der Waals surface area contributed by atoms with Crippen LogP contribution >= 0.6 is 0 Å². The minimum Gasteiger partial charge on any atom is -0.391 e. The van der Waals surface area contributed by atoms with E-state index in [9.17, 15) is 0 Å². The van der Waals surface area contributed by atoms with E-state index in [-0.39, 0.29) is 0 Å². The van der Waals surface area contributed by atoms with E-state index in [1.165, 1.54) is 6.92 Å². The smallest absolute Gasteiger partial charge is 0.184 e. The second-order valence-corrected chi connectivity index (χ2v) is 2.71. The molecule has 0 aromatic carbocycles. The molecule has 0 aliphatic carbocycles. The number of ether oxygens (including phenoxy) is 1. The molecule has 1 fully saturated rings. The van der Waals surface area contributed by atoms with Crippen LogP contribution in [0.15, 0.2) is 0 Å². The fraction of sp³-hybridized carbons (Fsp3) is 1.00. The van der Waals surface area contributed by atoms with Gasteiger partial charge in [-0.1, -0.05) is 0 Å². The zero-order valence-corrected chi connectivity index (χ0v) is 6.08. The van der Waals surface area contributed by atoms with Crippen molar-refractivity contribution in [2.75, 3.05) is 0 Å². The van der Waals surface area contributed by atoms with Gasteiger partial charge in [0.05, 0.1) is 6.10 Å². The monoisotopic (exact) mass is 164 g/mol. The van der Waals surface area contributed by atoms with Crippen molar-refractivity contribution in [3.63, 3.8) is 0 Å². The van der Waals surface area contributed by atoms with Crippen LogP contribution < -0.4 is 0 Å². The minimum atomic E-state index is -1.40. The van der Waals surface area contributed by atoms with Crippen LogP contribution in [0.25, 0.3) is 0 Å². The summed E-state index contributed by atoms with van der Waals surface area (Å²) >= 11 is 0. The molecular weight excluding hydrogens is 152 g/mol. The Morgan fingerprint density at radius 3 is 1.91 bits per heavy atom. The Kier molecular flexibility index (Phi) is 2.46. The molecule has 1 rings (SSSR count). The molecule has 0 aromatic heterocycles. The van der Waals surface area contributed by atoms with E-state index < -0.39 is 30.7 Å². The average Bonchev–Trinajstić information content (AvgIpc) is 2.17. The minimum absolute atomic E-state index is 0.903. The molecule has 11 heavy (non-hydrogen) atoms. The van der Waals surface area contributed by atoms with Gasteiger partial charge in [0.15, 0.2) is 6.29 Å². The van der Waals surface area contributed by atoms with Gasteiger partial charge >= 0.3 is 0 Å². The maximum absolute atomic E-state index is 9.10. The molecule has 0 bridgehead atoms. The summed E-state index contributed by atoms with van der Waals surface area (Å²) in [6, 6.07) is 0. The molecule has 1 heterocycles. The Morgan fingerprint density at radius 2 is 1.73 bits per heavy atom. The molecule has 5 heteroatoms. The molecule has 1 saturated heterocycles. The second kappa shape index (κ2) is 3.04. The molecule has 0 unspecified atom stereocenters. The Hall–Kier alpha value is -0.200. The Bertz CT molecular complexity index is 137. The zero-order chi connectivity index (χ0) is 8.59. The summed E-state index contributed by atoms with van der Waals surface area (Å²) in [5.74, 6) is 0. The summed E-state index contributed by atoms with van der Waals surface area (Å²) in [7, 11) is 0. The van der Waals surface area contributed by atoms with Gasteiger partial charge < -0.3 is 25.2 Å². The van der Waals surface area contributed by atoms with Gasteiger partial charge in [0.25, 0.3) is 0 Å². The fourth-order valence-corrected chi connectivity index (χ4v) is 1.08. The van der Waals surface area contributed by atoms with Gasteiger partial charge in [0.1, 0.15) is 18.3 Å². The molecule has 4 N–H and O–H groups in total. The summed E-state index contributed by atoms with van der Waals surface area (Å²) in [6.45, 7) is 1.42. The van der Waals surface area contributed by atoms with Crippen LogP contribution in [0, 0.1) is 0 Å². The largest absolute Gasteiger partial charge is 0.391 e. The third-order valence-corrected chi connectivity index (χ3v) is 1.75. The Balaban J connectivity index is 2.59. The highest BCUT2D eigenvalue weighted by Crippen LogP contribution is 2.21. The Morgan fingerprint density at radius 1 is 1.18 bits per heavy atom. The maximum atomic E-state index is 9.10. The molecule has 0 amide bonds. The molecule has 1 aliphatic heterocycles. The summed E-state index contributed by atoms with van der Waals surface area (Å²) in [5.41, 5.74) is 0. The van der Waals surface area contributed by atoms with Crippen LogP contribution in [0.1, 0.15) is 6.92 Å². The fourth-order valence-electron chi connectivity index (χ4n) is 1.08. The quantitative estimate of drug-likeness (QED) is 0.353. The second-order valence-electron chi connectivity index (χ2n) is 2.71. The summed E-state index contributed by atoms with van der Waals surface area (Å²) in [4.78, 5) is 0. The highest BCUT2D eigenvalue weighted by Gasteiger charge is 2.43. The van der Waals surface area contributed by atoms with Crippen molar-refractivity contribution in [2.45, 2.75) is 37.6 Å². The first-order valence-corrected chi connectivity index (χ1v) is 3.41. The molecular formula is C6H12O5. The van der Waals surface area contributed by atoms with Crippen molar-refractivity contribution >= 4 is 0 Å². The van der Waals surface area contributed by atoms with Gasteiger partial charge in [-0.2, -0.15) is 0 Å². The number of hydrogen-bond acceptors (Lipinski definition) is 5. The van der Waals surface area contributed by atoms with Gasteiger partial charge in [-0.3, -0.25) is 0 Å². The van der Waals surface area contributed by atoms with E-state index >= 15 is 0 Å². The first-order valence-electron chi connectivity index (χ1n) is 3.41. The number of hydrogen-bond donors (Lipinski definition) is 4. The van der Waals surface area contributed by atoms with Crippen molar-refractivity contribution < 1.29 is 25.2 Å². The summed E-state index contributed by atoms with van der Waals surface area (Å²) in [6.07, 6.45) is -5.75. The topological polar surface area (TPSA) is 90.2 Å². The lowest BCUT2D eigenvalue weighted by molar-refractivity contribution is -0.143. The van der Waals surface area contributed by atoms with Crippen molar-refractivity contribution in [3.8, 4) is 0 Å². The van der Waals surface area contributed by atoms with Crippen molar-refractivity contribution in [1.82, 2.24) is 0 Å². The van der Waals surface area contributed by atoms with Gasteiger partial charge in [0, 0.05) is 0 Å². The summed E-state index contributed by atoms with van der Waals surface area (Å²) in [5, 5.41) is 35.8. The van der Waals surface area contributed by atoms with E-state index in [2.05, 4.69) is 4.74 Å². The third kappa shape index (κ3) is 1.52. The maximum Gasteiger partial charge on any atom is 0.184 e. The van der Waals surface area contributed by atoms with Crippen LogP contribution in [0.5, 0.6) is 0 Å². The molecule has 66 valence electrons. The standard InChI is InChI=1S/C6H12O5/c1-2(7)5-3(8)4(9)6(10)11-5/h2-10H,1H3/t2-,3-,4+,5+,6+/m1/s1. The lowest BCUT2D eigenvalue weighted by atomic mass is 10.1. The van der Waals surface area contributed by atoms with E-state index in [4.69, 9.17) is 20.4 Å². The lowest BCUT2D eigenvalue weighted by Gasteiger charge is -2.16. The molecule has 1 aliphatic rings. The average molecular weight is 164 g/mol. The molecule has 0 spiro atoms. The molecule has 5 atom stereocenters.